The molecule has 0 atom stereocenters. The largest absolute Gasteiger partial charge is 0.493 e. The third-order valence-corrected chi connectivity index (χ3v) is 5.53. The minimum Gasteiger partial charge on any atom is -0.493 e. The zero-order valence-corrected chi connectivity index (χ0v) is 19.2. The average molecular weight is 484 g/mol. The van der Waals surface area contributed by atoms with E-state index in [1.807, 2.05) is 0 Å². The van der Waals surface area contributed by atoms with Crippen molar-refractivity contribution in [2.24, 2.45) is 0 Å². The monoisotopic (exact) mass is 483 g/mol. The molecule has 0 saturated carbocycles. The Hall–Kier alpha value is -3.68. The molecule has 0 unspecified atom stereocenters. The Morgan fingerprint density at radius 2 is 1.64 bits per heavy atom. The number of methoxy groups -OCH3 is 2. The van der Waals surface area contributed by atoms with E-state index in [1.165, 1.54) is 14.2 Å². The number of hydrogen-bond donors (Lipinski definition) is 2. The number of carbonyl (C=O) groups is 2. The fourth-order valence-corrected chi connectivity index (χ4v) is 4.16. The van der Waals surface area contributed by atoms with Gasteiger partial charge in [0.1, 0.15) is 5.69 Å². The topological polar surface area (TPSA) is 95.1 Å². The van der Waals surface area contributed by atoms with E-state index in [9.17, 15) is 9.59 Å². The van der Waals surface area contributed by atoms with Gasteiger partial charge in [0, 0.05) is 27.5 Å². The van der Waals surface area contributed by atoms with Crippen molar-refractivity contribution in [1.29, 1.82) is 0 Å². The van der Waals surface area contributed by atoms with E-state index in [0.29, 0.717) is 38.3 Å². The van der Waals surface area contributed by atoms with Crippen LogP contribution < -0.4 is 20.5 Å². The fourth-order valence-electron chi connectivity index (χ4n) is 3.63. The van der Waals surface area contributed by atoms with Gasteiger partial charge < -0.3 is 24.9 Å². The van der Waals surface area contributed by atoms with E-state index in [-0.39, 0.29) is 22.7 Å². The molecule has 2 aromatic heterocycles. The van der Waals surface area contributed by atoms with Crippen LogP contribution in [0.3, 0.4) is 0 Å². The second kappa shape index (κ2) is 9.05. The molecule has 0 aliphatic rings. The highest BCUT2D eigenvalue weighted by atomic mass is 35.5. The number of hydrogen-bond acceptors (Lipinski definition) is 5. The third kappa shape index (κ3) is 4.20. The number of ether oxygens (including phenoxy) is 2. The Kier molecular flexibility index (Phi) is 6.18. The first kappa shape index (κ1) is 22.5. The average Bonchev–Trinajstić information content (AvgIpc) is 3.09. The van der Waals surface area contributed by atoms with E-state index >= 15 is 0 Å². The van der Waals surface area contributed by atoms with Crippen LogP contribution in [0.5, 0.6) is 11.5 Å². The van der Waals surface area contributed by atoms with Crippen molar-refractivity contribution in [2.75, 3.05) is 25.3 Å². The van der Waals surface area contributed by atoms with Crippen LogP contribution in [-0.4, -0.2) is 30.3 Å². The lowest BCUT2D eigenvalue weighted by molar-refractivity contribution is 0.102. The number of ketones is 1. The summed E-state index contributed by atoms with van der Waals surface area (Å²) in [5.74, 6) is 0.0151. The highest BCUT2D eigenvalue weighted by Gasteiger charge is 2.27. The highest BCUT2D eigenvalue weighted by Crippen LogP contribution is 2.33. The fraction of sp³-hybridized carbons (Fsp3) is 0.0833. The normalized spacial score (nSPS) is 10.8. The molecular weight excluding hydrogens is 465 g/mol. The summed E-state index contributed by atoms with van der Waals surface area (Å²) in [6.45, 7) is 0. The number of nitrogen functional groups attached to an aromatic ring is 1. The zero-order chi connectivity index (χ0) is 23.7. The molecule has 4 rings (SSSR count). The van der Waals surface area contributed by atoms with Crippen LogP contribution in [0.15, 0.2) is 60.8 Å². The number of pyridine rings is 1. The summed E-state index contributed by atoms with van der Waals surface area (Å²) in [6.07, 6.45) is 1.67. The second-order valence-electron chi connectivity index (χ2n) is 7.10. The zero-order valence-electron chi connectivity index (χ0n) is 17.7. The van der Waals surface area contributed by atoms with Crippen LogP contribution >= 0.6 is 23.2 Å². The first-order valence-corrected chi connectivity index (χ1v) is 10.5. The van der Waals surface area contributed by atoms with Crippen molar-refractivity contribution in [1.82, 2.24) is 4.40 Å². The van der Waals surface area contributed by atoms with Gasteiger partial charge in [0.25, 0.3) is 5.91 Å². The van der Waals surface area contributed by atoms with Crippen LogP contribution in [-0.2, 0) is 0 Å². The standard InChI is InChI=1S/C24H19Cl2N3O4/c1-32-18-7-6-13(9-19(18)33-2)23(30)22-21(27)20(17-5-3-4-8-29(17)22)24(31)28-16-11-14(25)10-15(26)12-16/h3-12H,27H2,1-2H3,(H,28,31). The molecule has 0 aliphatic carbocycles. The molecule has 0 saturated heterocycles. The summed E-state index contributed by atoms with van der Waals surface area (Å²) in [7, 11) is 2.99. The van der Waals surface area contributed by atoms with Gasteiger partial charge in [0.2, 0.25) is 5.78 Å². The predicted octanol–water partition coefficient (Wildman–Crippen LogP) is 5.33. The minimum atomic E-state index is -0.499. The summed E-state index contributed by atoms with van der Waals surface area (Å²) in [4.78, 5) is 26.7. The molecule has 1 amide bonds. The number of anilines is 2. The Morgan fingerprint density at radius 3 is 2.30 bits per heavy atom. The maximum absolute atomic E-state index is 13.5. The van der Waals surface area contributed by atoms with Crippen LogP contribution in [0.1, 0.15) is 26.4 Å². The van der Waals surface area contributed by atoms with Gasteiger partial charge in [-0.3, -0.25) is 9.59 Å². The molecular formula is C24H19Cl2N3O4. The summed E-state index contributed by atoms with van der Waals surface area (Å²) in [6, 6.07) is 14.7. The number of aromatic nitrogens is 1. The number of nitrogens with zero attached hydrogens (tertiary/aromatic N) is 1. The van der Waals surface area contributed by atoms with Gasteiger partial charge in [-0.25, -0.2) is 0 Å². The van der Waals surface area contributed by atoms with E-state index in [2.05, 4.69) is 5.32 Å². The van der Waals surface area contributed by atoms with E-state index < -0.39 is 5.91 Å². The van der Waals surface area contributed by atoms with Gasteiger partial charge in [0.15, 0.2) is 11.5 Å². The molecule has 3 N–H and O–H groups in total. The van der Waals surface area contributed by atoms with Crippen LogP contribution in [0.25, 0.3) is 5.52 Å². The minimum absolute atomic E-state index is 0.0478. The van der Waals surface area contributed by atoms with E-state index in [4.69, 9.17) is 38.4 Å². The molecule has 0 spiro atoms. The number of halogens is 2. The van der Waals surface area contributed by atoms with Gasteiger partial charge in [-0.05, 0) is 48.5 Å². The lowest BCUT2D eigenvalue weighted by atomic mass is 10.1. The second-order valence-corrected chi connectivity index (χ2v) is 7.98. The van der Waals surface area contributed by atoms with Gasteiger partial charge >= 0.3 is 0 Å². The number of benzene rings is 2. The first-order chi connectivity index (χ1) is 15.8. The summed E-state index contributed by atoms with van der Waals surface area (Å²) >= 11 is 12.1. The van der Waals surface area contributed by atoms with Crippen molar-refractivity contribution < 1.29 is 19.1 Å². The Balaban J connectivity index is 1.81. The third-order valence-electron chi connectivity index (χ3n) is 5.09. The molecule has 4 aromatic rings. The number of nitrogens with two attached hydrogens (primary N) is 1. The Morgan fingerprint density at radius 1 is 0.939 bits per heavy atom. The molecule has 2 heterocycles. The van der Waals surface area contributed by atoms with Gasteiger partial charge in [-0.1, -0.05) is 29.3 Å². The Bertz CT molecular complexity index is 1380. The highest BCUT2D eigenvalue weighted by molar-refractivity contribution is 6.35. The van der Waals surface area contributed by atoms with Gasteiger partial charge in [-0.2, -0.15) is 0 Å². The van der Waals surface area contributed by atoms with Crippen LogP contribution in [0.4, 0.5) is 11.4 Å². The lowest BCUT2D eigenvalue weighted by Crippen LogP contribution is -2.14. The van der Waals surface area contributed by atoms with Crippen LogP contribution in [0.2, 0.25) is 10.0 Å². The molecule has 2 aromatic carbocycles. The maximum atomic E-state index is 13.5. The smallest absolute Gasteiger partial charge is 0.259 e. The van der Waals surface area contributed by atoms with E-state index in [0.717, 1.165) is 0 Å². The molecule has 33 heavy (non-hydrogen) atoms. The SMILES string of the molecule is COc1ccc(C(=O)c2c(N)c(C(=O)Nc3cc(Cl)cc(Cl)c3)c3ccccn23)cc1OC. The number of nitrogens with one attached hydrogen (secondary N) is 1. The molecule has 0 fully saturated rings. The summed E-state index contributed by atoms with van der Waals surface area (Å²) < 4.78 is 12.1. The Labute approximate surface area is 199 Å². The maximum Gasteiger partial charge on any atom is 0.259 e. The number of rotatable bonds is 6. The lowest BCUT2D eigenvalue weighted by Gasteiger charge is -2.09. The number of carbonyl (C=O) groups excluding carboxylic acids is 2. The molecule has 0 radical (unpaired) electrons. The van der Waals surface area contributed by atoms with Crippen molar-refractivity contribution >= 4 is 51.8 Å². The number of fused-ring (bicyclic) bond motifs is 1. The molecule has 7 nitrogen and oxygen atoms in total. The van der Waals surface area contributed by atoms with Gasteiger partial charge in [-0.15, -0.1) is 0 Å². The quantitative estimate of drug-likeness (QED) is 0.361. The number of amides is 1. The van der Waals surface area contributed by atoms with Gasteiger partial charge in [0.05, 0.1) is 31.0 Å². The summed E-state index contributed by atoms with van der Waals surface area (Å²) in [5, 5.41) is 3.49. The molecule has 0 bridgehead atoms. The van der Waals surface area contributed by atoms with Crippen molar-refractivity contribution in [3.05, 3.63) is 87.7 Å². The predicted molar refractivity (Wildman–Crippen MR) is 129 cm³/mol. The van der Waals surface area contributed by atoms with Crippen molar-refractivity contribution in [3.63, 3.8) is 0 Å². The van der Waals surface area contributed by atoms with Crippen molar-refractivity contribution in [2.45, 2.75) is 0 Å². The molecule has 9 heteroatoms. The van der Waals surface area contributed by atoms with Crippen LogP contribution in [0, 0.1) is 0 Å². The van der Waals surface area contributed by atoms with Crippen molar-refractivity contribution in [3.8, 4) is 11.5 Å². The summed E-state index contributed by atoms with van der Waals surface area (Å²) in [5.41, 5.74) is 7.96. The first-order valence-electron chi connectivity index (χ1n) is 9.76. The molecule has 0 aliphatic heterocycles. The molecule has 168 valence electrons. The van der Waals surface area contributed by atoms with E-state index in [1.54, 1.807) is 65.2 Å².